The Kier molecular flexibility index (Phi) is 8.81. The standard InChI is InChI=1S/C33H37N3O4/c1-24-29(17-16-25-10-4-3-5-11-25)40-32-26(31(24)37)12-8-13-27(32)33(38)34-18-9-19-35-20-22-36(23-21-35)28-14-6-7-15-30(28)39-2/h3-8,10-15H,9,16-23H2,1-2H3,(H,34,38). The van der Waals surface area contributed by atoms with E-state index in [0.717, 1.165) is 57.0 Å². The van der Waals surface area contributed by atoms with Gasteiger partial charge in [-0.3, -0.25) is 14.5 Å². The van der Waals surface area contributed by atoms with E-state index in [1.165, 1.54) is 5.56 Å². The van der Waals surface area contributed by atoms with E-state index in [-0.39, 0.29) is 11.3 Å². The predicted octanol–water partition coefficient (Wildman–Crippen LogP) is 4.84. The van der Waals surface area contributed by atoms with E-state index in [4.69, 9.17) is 9.15 Å². The van der Waals surface area contributed by atoms with Crippen LogP contribution in [-0.4, -0.2) is 57.2 Å². The van der Waals surface area contributed by atoms with Crippen LogP contribution in [0, 0.1) is 6.92 Å². The molecule has 40 heavy (non-hydrogen) atoms. The number of nitrogens with zero attached hydrogens (tertiary/aromatic N) is 2. The largest absolute Gasteiger partial charge is 0.495 e. The molecule has 1 aliphatic rings. The number of hydrogen-bond acceptors (Lipinski definition) is 6. The molecule has 0 radical (unpaired) electrons. The van der Waals surface area contributed by atoms with Crippen molar-refractivity contribution in [2.45, 2.75) is 26.2 Å². The lowest BCUT2D eigenvalue weighted by atomic mass is 10.0. The minimum Gasteiger partial charge on any atom is -0.495 e. The Hall–Kier alpha value is -4.10. The summed E-state index contributed by atoms with van der Waals surface area (Å²) in [7, 11) is 1.71. The van der Waals surface area contributed by atoms with Crippen LogP contribution in [0.1, 0.15) is 33.7 Å². The van der Waals surface area contributed by atoms with Crippen molar-refractivity contribution < 1.29 is 13.9 Å². The van der Waals surface area contributed by atoms with Crippen LogP contribution >= 0.6 is 0 Å². The van der Waals surface area contributed by atoms with Gasteiger partial charge in [0.2, 0.25) is 0 Å². The predicted molar refractivity (Wildman–Crippen MR) is 160 cm³/mol. The van der Waals surface area contributed by atoms with Gasteiger partial charge in [-0.1, -0.05) is 48.5 Å². The molecular formula is C33H37N3O4. The quantitative estimate of drug-likeness (QED) is 0.291. The fourth-order valence-corrected chi connectivity index (χ4v) is 5.38. The molecule has 1 saturated heterocycles. The fraction of sp³-hybridized carbons (Fsp3) is 0.333. The average Bonchev–Trinajstić information content (AvgIpc) is 3.00. The Morgan fingerprint density at radius 3 is 2.45 bits per heavy atom. The summed E-state index contributed by atoms with van der Waals surface area (Å²) in [6.07, 6.45) is 2.20. The van der Waals surface area contributed by atoms with Crippen LogP contribution in [0.2, 0.25) is 0 Å². The fourth-order valence-electron chi connectivity index (χ4n) is 5.38. The number of anilines is 1. The number of carbonyl (C=O) groups excluding carboxylic acids is 1. The van der Waals surface area contributed by atoms with E-state index in [1.54, 1.807) is 32.2 Å². The summed E-state index contributed by atoms with van der Waals surface area (Å²) in [6, 6.07) is 23.5. The van der Waals surface area contributed by atoms with Gasteiger partial charge in [-0.15, -0.1) is 0 Å². The molecule has 0 aliphatic carbocycles. The van der Waals surface area contributed by atoms with Gasteiger partial charge in [0, 0.05) is 44.7 Å². The van der Waals surface area contributed by atoms with Crippen molar-refractivity contribution >= 4 is 22.6 Å². The summed E-state index contributed by atoms with van der Waals surface area (Å²) in [6.45, 7) is 7.07. The van der Waals surface area contributed by atoms with E-state index < -0.39 is 0 Å². The number of rotatable bonds is 10. The van der Waals surface area contributed by atoms with Crippen molar-refractivity contribution in [1.29, 1.82) is 0 Å². The molecule has 0 bridgehead atoms. The molecule has 208 valence electrons. The van der Waals surface area contributed by atoms with Gasteiger partial charge in [-0.25, -0.2) is 0 Å². The van der Waals surface area contributed by atoms with Gasteiger partial charge >= 0.3 is 0 Å². The summed E-state index contributed by atoms with van der Waals surface area (Å²) < 4.78 is 11.7. The number of carbonyl (C=O) groups is 1. The van der Waals surface area contributed by atoms with Crippen molar-refractivity contribution in [3.8, 4) is 5.75 Å². The molecule has 1 aliphatic heterocycles. The van der Waals surface area contributed by atoms with Gasteiger partial charge in [0.1, 0.15) is 11.5 Å². The molecule has 5 rings (SSSR count). The van der Waals surface area contributed by atoms with Crippen molar-refractivity contribution in [2.75, 3.05) is 51.3 Å². The van der Waals surface area contributed by atoms with E-state index in [1.807, 2.05) is 36.4 Å². The van der Waals surface area contributed by atoms with Crippen molar-refractivity contribution in [2.24, 2.45) is 0 Å². The Bertz CT molecular complexity index is 1510. The van der Waals surface area contributed by atoms with Crippen LogP contribution in [0.15, 0.2) is 82.0 Å². The number of nitrogens with one attached hydrogen (secondary N) is 1. The second-order valence-electron chi connectivity index (χ2n) is 10.3. The first-order chi connectivity index (χ1) is 19.5. The third kappa shape index (κ3) is 6.20. The van der Waals surface area contributed by atoms with Crippen molar-refractivity contribution in [1.82, 2.24) is 10.2 Å². The molecule has 0 unspecified atom stereocenters. The van der Waals surface area contributed by atoms with E-state index in [2.05, 4.69) is 33.3 Å². The summed E-state index contributed by atoms with van der Waals surface area (Å²) in [5.74, 6) is 1.32. The third-order valence-electron chi connectivity index (χ3n) is 7.71. The molecule has 4 aromatic rings. The zero-order chi connectivity index (χ0) is 27.9. The number of benzene rings is 3. The molecule has 0 spiro atoms. The van der Waals surface area contributed by atoms with Gasteiger partial charge in [0.05, 0.1) is 23.7 Å². The third-order valence-corrected chi connectivity index (χ3v) is 7.71. The Morgan fingerprint density at radius 2 is 1.68 bits per heavy atom. The van der Waals surface area contributed by atoms with Crippen LogP contribution in [0.3, 0.4) is 0 Å². The molecule has 3 aromatic carbocycles. The number of para-hydroxylation sites is 3. The maximum atomic E-state index is 13.2. The molecule has 7 heteroatoms. The van der Waals surface area contributed by atoms with E-state index in [9.17, 15) is 9.59 Å². The highest BCUT2D eigenvalue weighted by molar-refractivity contribution is 6.04. The minimum atomic E-state index is -0.215. The molecule has 1 fully saturated rings. The molecule has 1 N–H and O–H groups in total. The molecule has 0 saturated carbocycles. The summed E-state index contributed by atoms with van der Waals surface area (Å²) in [5.41, 5.74) is 3.61. The van der Waals surface area contributed by atoms with Gasteiger partial charge in [-0.05, 0) is 56.1 Å². The number of piperazine rings is 1. The monoisotopic (exact) mass is 539 g/mol. The first-order valence-electron chi connectivity index (χ1n) is 14.0. The topological polar surface area (TPSA) is 75.0 Å². The number of hydrogen-bond donors (Lipinski definition) is 1. The SMILES string of the molecule is COc1ccccc1N1CCN(CCCNC(=O)c2cccc3c(=O)c(C)c(CCc4ccccc4)oc23)CC1. The highest BCUT2D eigenvalue weighted by Gasteiger charge is 2.20. The summed E-state index contributed by atoms with van der Waals surface area (Å²) in [4.78, 5) is 31.1. The van der Waals surface area contributed by atoms with Gasteiger partial charge in [0.15, 0.2) is 11.0 Å². The number of ether oxygens (including phenoxy) is 1. The smallest absolute Gasteiger partial charge is 0.255 e. The average molecular weight is 540 g/mol. The lowest BCUT2D eigenvalue weighted by Crippen LogP contribution is -2.47. The first-order valence-corrected chi connectivity index (χ1v) is 14.0. The number of methoxy groups -OCH3 is 1. The van der Waals surface area contributed by atoms with Gasteiger partial charge in [-0.2, -0.15) is 0 Å². The summed E-state index contributed by atoms with van der Waals surface area (Å²) >= 11 is 0. The number of amides is 1. The molecule has 1 amide bonds. The normalized spacial score (nSPS) is 13.9. The molecule has 7 nitrogen and oxygen atoms in total. The lowest BCUT2D eigenvalue weighted by molar-refractivity contribution is 0.0952. The Balaban J connectivity index is 1.16. The van der Waals surface area contributed by atoms with Crippen LogP contribution < -0.4 is 20.4 Å². The first kappa shape index (κ1) is 27.5. The number of fused-ring (bicyclic) bond motifs is 1. The van der Waals surface area contributed by atoms with E-state index >= 15 is 0 Å². The molecule has 0 atom stereocenters. The van der Waals surface area contributed by atoms with Crippen LogP contribution in [0.25, 0.3) is 11.0 Å². The lowest BCUT2D eigenvalue weighted by Gasteiger charge is -2.36. The van der Waals surface area contributed by atoms with Crippen LogP contribution in [-0.2, 0) is 12.8 Å². The highest BCUT2D eigenvalue weighted by Crippen LogP contribution is 2.28. The second kappa shape index (κ2) is 12.8. The molecular weight excluding hydrogens is 502 g/mol. The highest BCUT2D eigenvalue weighted by atomic mass is 16.5. The Labute approximate surface area is 235 Å². The van der Waals surface area contributed by atoms with Crippen molar-refractivity contribution in [3.63, 3.8) is 0 Å². The van der Waals surface area contributed by atoms with E-state index in [0.29, 0.717) is 40.8 Å². The number of aryl methyl sites for hydroxylation is 2. The van der Waals surface area contributed by atoms with Crippen LogP contribution in [0.4, 0.5) is 5.69 Å². The minimum absolute atomic E-state index is 0.0776. The zero-order valence-corrected chi connectivity index (χ0v) is 23.3. The molecule has 2 heterocycles. The maximum Gasteiger partial charge on any atom is 0.255 e. The maximum absolute atomic E-state index is 13.2. The Morgan fingerprint density at radius 1 is 0.925 bits per heavy atom. The molecule has 1 aromatic heterocycles. The van der Waals surface area contributed by atoms with Gasteiger partial charge in [0.25, 0.3) is 5.91 Å². The van der Waals surface area contributed by atoms with Crippen LogP contribution in [0.5, 0.6) is 5.75 Å². The second-order valence-corrected chi connectivity index (χ2v) is 10.3. The van der Waals surface area contributed by atoms with Gasteiger partial charge < -0.3 is 19.4 Å². The summed E-state index contributed by atoms with van der Waals surface area (Å²) in [5, 5.41) is 3.48. The zero-order valence-electron chi connectivity index (χ0n) is 23.3. The van der Waals surface area contributed by atoms with Crippen molar-refractivity contribution in [3.05, 3.63) is 105 Å².